The van der Waals surface area contributed by atoms with E-state index < -0.39 is 0 Å². The maximum Gasteiger partial charge on any atom is 0.315 e. The third-order valence-corrected chi connectivity index (χ3v) is 3.99. The van der Waals surface area contributed by atoms with Gasteiger partial charge in [-0.2, -0.15) is 0 Å². The lowest BCUT2D eigenvalue weighted by molar-refractivity contribution is 0.0986. The van der Waals surface area contributed by atoms with E-state index in [9.17, 15) is 9.59 Å². The number of carbonyl (C=O) groups is 2. The van der Waals surface area contributed by atoms with Crippen LogP contribution in [0, 0.1) is 0 Å². The van der Waals surface area contributed by atoms with Gasteiger partial charge in [0.15, 0.2) is 0 Å². The quantitative estimate of drug-likeness (QED) is 0.718. The number of halogens is 1. The van der Waals surface area contributed by atoms with E-state index in [2.05, 4.69) is 10.6 Å². The Morgan fingerprint density at radius 3 is 2.22 bits per heavy atom. The van der Waals surface area contributed by atoms with Crippen molar-refractivity contribution in [3.63, 3.8) is 0 Å². The molecule has 0 aromatic heterocycles. The molecule has 0 aliphatic carbocycles. The minimum atomic E-state index is -0.287. The monoisotopic (exact) mass is 387 g/mol. The summed E-state index contributed by atoms with van der Waals surface area (Å²) >= 11 is 5.92. The first-order chi connectivity index (χ1) is 12.8. The largest absolute Gasteiger partial charge is 0.338 e. The van der Waals surface area contributed by atoms with E-state index in [-0.39, 0.29) is 17.5 Å². The Morgan fingerprint density at radius 2 is 1.63 bits per heavy atom. The Kier molecular flexibility index (Phi) is 7.25. The third kappa shape index (κ3) is 6.94. The molecule has 0 heterocycles. The first kappa shape index (κ1) is 20.8. The van der Waals surface area contributed by atoms with Gasteiger partial charge in [0, 0.05) is 34.9 Å². The molecule has 5 nitrogen and oxygen atoms in total. The number of benzene rings is 2. The summed E-state index contributed by atoms with van der Waals surface area (Å²) in [7, 11) is 0. The van der Waals surface area contributed by atoms with Gasteiger partial charge in [-0.25, -0.2) is 4.79 Å². The van der Waals surface area contributed by atoms with Gasteiger partial charge in [0.25, 0.3) is 5.91 Å². The molecule has 0 fully saturated rings. The summed E-state index contributed by atoms with van der Waals surface area (Å²) in [5, 5.41) is 6.27. The van der Waals surface area contributed by atoms with E-state index >= 15 is 0 Å². The van der Waals surface area contributed by atoms with Crippen molar-refractivity contribution >= 4 is 29.2 Å². The second kappa shape index (κ2) is 9.42. The zero-order valence-electron chi connectivity index (χ0n) is 16.0. The normalized spacial score (nSPS) is 11.0. The second-order valence-corrected chi connectivity index (χ2v) is 7.72. The van der Waals surface area contributed by atoms with Gasteiger partial charge in [0.1, 0.15) is 0 Å². The zero-order valence-corrected chi connectivity index (χ0v) is 16.7. The Bertz CT molecular complexity index is 755. The molecular weight excluding hydrogens is 362 g/mol. The third-order valence-electron chi connectivity index (χ3n) is 3.74. The van der Waals surface area contributed by atoms with Crippen LogP contribution in [-0.2, 0) is 0 Å². The van der Waals surface area contributed by atoms with E-state index in [4.69, 9.17) is 11.6 Å². The molecule has 0 aliphatic heterocycles. The number of hydrogen-bond donors (Lipinski definition) is 2. The van der Waals surface area contributed by atoms with Crippen LogP contribution in [0.5, 0.6) is 0 Å². The van der Waals surface area contributed by atoms with Crippen LogP contribution in [0.2, 0.25) is 5.02 Å². The van der Waals surface area contributed by atoms with Gasteiger partial charge in [-0.05, 0) is 63.6 Å². The summed E-state index contributed by atoms with van der Waals surface area (Å²) in [6, 6.07) is 16.1. The van der Waals surface area contributed by atoms with E-state index in [1.807, 2.05) is 51.1 Å². The van der Waals surface area contributed by atoms with E-state index in [1.54, 1.807) is 29.2 Å². The lowest BCUT2D eigenvalue weighted by Crippen LogP contribution is -2.47. The molecule has 27 heavy (non-hydrogen) atoms. The van der Waals surface area contributed by atoms with Crippen molar-refractivity contribution in [3.05, 3.63) is 65.2 Å². The molecule has 0 atom stereocenters. The molecule has 2 rings (SSSR count). The number of nitrogens with one attached hydrogen (secondary N) is 2. The van der Waals surface area contributed by atoms with Gasteiger partial charge in [-0.1, -0.05) is 29.8 Å². The SMILES string of the molecule is CC(C)(C)NC(=O)NCCCN(C(=O)c1ccc(Cl)cc1)c1ccccc1. The highest BCUT2D eigenvalue weighted by atomic mass is 35.5. The standard InChI is InChI=1S/C21H26ClN3O2/c1-21(2,3)24-20(27)23-14-7-15-25(18-8-5-4-6-9-18)19(26)16-10-12-17(22)13-11-16/h4-6,8-13H,7,14-15H2,1-3H3,(H2,23,24,27). The number of rotatable bonds is 6. The van der Waals surface area contributed by atoms with Crippen molar-refractivity contribution < 1.29 is 9.59 Å². The minimum absolute atomic E-state index is 0.1000. The molecule has 0 saturated heterocycles. The number of nitrogens with zero attached hydrogens (tertiary/aromatic N) is 1. The molecular formula is C21H26ClN3O2. The first-order valence-electron chi connectivity index (χ1n) is 8.95. The molecule has 2 aromatic carbocycles. The maximum atomic E-state index is 13.0. The van der Waals surface area contributed by atoms with Crippen LogP contribution in [0.4, 0.5) is 10.5 Å². The summed E-state index contributed by atoms with van der Waals surface area (Å²) in [4.78, 5) is 26.5. The summed E-state index contributed by atoms with van der Waals surface area (Å²) < 4.78 is 0. The average molecular weight is 388 g/mol. The van der Waals surface area contributed by atoms with Gasteiger partial charge in [-0.3, -0.25) is 4.79 Å². The Labute approximate surface area is 165 Å². The summed E-state index contributed by atoms with van der Waals surface area (Å²) in [6.07, 6.45) is 0.631. The molecule has 0 bridgehead atoms. The van der Waals surface area contributed by atoms with Crippen LogP contribution in [0.1, 0.15) is 37.6 Å². The fourth-order valence-corrected chi connectivity index (χ4v) is 2.65. The van der Waals surface area contributed by atoms with Crippen molar-refractivity contribution in [2.24, 2.45) is 0 Å². The molecule has 3 amide bonds. The summed E-state index contributed by atoms with van der Waals surface area (Å²) in [6.45, 7) is 6.73. The summed E-state index contributed by atoms with van der Waals surface area (Å²) in [5.74, 6) is -0.1000. The number of para-hydroxylation sites is 1. The molecule has 6 heteroatoms. The smallest absolute Gasteiger partial charge is 0.315 e. The Balaban J connectivity index is 2.01. The second-order valence-electron chi connectivity index (χ2n) is 7.28. The first-order valence-corrected chi connectivity index (χ1v) is 9.32. The van der Waals surface area contributed by atoms with E-state index in [0.29, 0.717) is 30.1 Å². The number of hydrogen-bond acceptors (Lipinski definition) is 2. The minimum Gasteiger partial charge on any atom is -0.338 e. The number of amides is 3. The average Bonchev–Trinajstić information content (AvgIpc) is 2.61. The van der Waals surface area contributed by atoms with Gasteiger partial charge < -0.3 is 15.5 Å². The molecule has 144 valence electrons. The lowest BCUT2D eigenvalue weighted by Gasteiger charge is -2.24. The van der Waals surface area contributed by atoms with Crippen LogP contribution >= 0.6 is 11.6 Å². The van der Waals surface area contributed by atoms with E-state index in [1.165, 1.54) is 0 Å². The number of anilines is 1. The Morgan fingerprint density at radius 1 is 1.00 bits per heavy atom. The van der Waals surface area contributed by atoms with Crippen LogP contribution < -0.4 is 15.5 Å². The van der Waals surface area contributed by atoms with Crippen LogP contribution in [-0.4, -0.2) is 30.6 Å². The zero-order chi connectivity index (χ0) is 19.9. The molecule has 0 unspecified atom stereocenters. The predicted octanol–water partition coefficient (Wildman–Crippen LogP) is 4.47. The fourth-order valence-electron chi connectivity index (χ4n) is 2.53. The van der Waals surface area contributed by atoms with Gasteiger partial charge in [-0.15, -0.1) is 0 Å². The van der Waals surface area contributed by atoms with Gasteiger partial charge >= 0.3 is 6.03 Å². The predicted molar refractivity (Wildman–Crippen MR) is 110 cm³/mol. The highest BCUT2D eigenvalue weighted by Gasteiger charge is 2.18. The topological polar surface area (TPSA) is 61.4 Å². The maximum absolute atomic E-state index is 13.0. The fraction of sp³-hybridized carbons (Fsp3) is 0.333. The molecule has 0 radical (unpaired) electrons. The summed E-state index contributed by atoms with van der Waals surface area (Å²) in [5.41, 5.74) is 1.10. The highest BCUT2D eigenvalue weighted by Crippen LogP contribution is 2.18. The van der Waals surface area contributed by atoms with Crippen molar-refractivity contribution in [2.75, 3.05) is 18.0 Å². The van der Waals surface area contributed by atoms with Crippen LogP contribution in [0.25, 0.3) is 0 Å². The molecule has 0 aliphatic rings. The number of urea groups is 1. The van der Waals surface area contributed by atoms with Crippen molar-refractivity contribution in [1.29, 1.82) is 0 Å². The molecule has 0 saturated carbocycles. The lowest BCUT2D eigenvalue weighted by atomic mass is 10.1. The van der Waals surface area contributed by atoms with Crippen molar-refractivity contribution in [3.8, 4) is 0 Å². The van der Waals surface area contributed by atoms with Gasteiger partial charge in [0.2, 0.25) is 0 Å². The molecule has 2 N–H and O–H groups in total. The highest BCUT2D eigenvalue weighted by molar-refractivity contribution is 6.30. The van der Waals surface area contributed by atoms with Crippen molar-refractivity contribution in [1.82, 2.24) is 10.6 Å². The Hall–Kier alpha value is -2.53. The van der Waals surface area contributed by atoms with Crippen LogP contribution in [0.3, 0.4) is 0 Å². The molecule has 2 aromatic rings. The molecule has 0 spiro atoms. The van der Waals surface area contributed by atoms with Gasteiger partial charge in [0.05, 0.1) is 0 Å². The van der Waals surface area contributed by atoms with Crippen molar-refractivity contribution in [2.45, 2.75) is 32.7 Å². The number of carbonyl (C=O) groups excluding carboxylic acids is 2. The van der Waals surface area contributed by atoms with E-state index in [0.717, 1.165) is 5.69 Å². The van der Waals surface area contributed by atoms with Crippen LogP contribution in [0.15, 0.2) is 54.6 Å².